The van der Waals surface area contributed by atoms with E-state index in [1.165, 1.54) is 24.3 Å². The average molecular weight is 343 g/mol. The first-order chi connectivity index (χ1) is 11.6. The number of nitrogens with zero attached hydrogens (tertiary/aromatic N) is 1. The molecule has 25 heavy (non-hydrogen) atoms. The largest absolute Gasteiger partial charge is 0.495 e. The van der Waals surface area contributed by atoms with Crippen LogP contribution >= 0.6 is 0 Å². The van der Waals surface area contributed by atoms with Crippen LogP contribution < -0.4 is 5.46 Å². The Hall–Kier alpha value is -2.25. The van der Waals surface area contributed by atoms with Crippen LogP contribution in [0.1, 0.15) is 27.7 Å². The van der Waals surface area contributed by atoms with Crippen molar-refractivity contribution in [2.75, 3.05) is 0 Å². The zero-order valence-corrected chi connectivity index (χ0v) is 14.6. The normalized spacial score (nSPS) is 18.4. The maximum absolute atomic E-state index is 13.5. The van der Waals surface area contributed by atoms with Crippen LogP contribution in [-0.2, 0) is 9.31 Å². The van der Waals surface area contributed by atoms with Crippen molar-refractivity contribution in [3.8, 4) is 11.1 Å². The van der Waals surface area contributed by atoms with Crippen LogP contribution in [0.2, 0.25) is 0 Å². The predicted octanol–water partition coefficient (Wildman–Crippen LogP) is 3.70. The number of nitro groups is 1. The van der Waals surface area contributed by atoms with E-state index in [2.05, 4.69) is 0 Å². The van der Waals surface area contributed by atoms with Crippen molar-refractivity contribution >= 4 is 18.3 Å². The van der Waals surface area contributed by atoms with Gasteiger partial charge in [-0.25, -0.2) is 4.39 Å². The number of benzene rings is 2. The molecule has 2 aromatic rings. The molecule has 0 saturated carbocycles. The lowest BCUT2D eigenvalue weighted by atomic mass is 9.78. The maximum atomic E-state index is 13.5. The molecule has 130 valence electrons. The minimum atomic E-state index is -0.690. The molecule has 3 rings (SSSR count). The van der Waals surface area contributed by atoms with Crippen molar-refractivity contribution in [1.82, 2.24) is 0 Å². The summed E-state index contributed by atoms with van der Waals surface area (Å²) >= 11 is 0. The Labute approximate surface area is 146 Å². The first-order valence-electron chi connectivity index (χ1n) is 8.01. The molecule has 1 saturated heterocycles. The third-order valence-corrected chi connectivity index (χ3v) is 4.88. The molecular weight excluding hydrogens is 324 g/mol. The highest BCUT2D eigenvalue weighted by molar-refractivity contribution is 6.62. The van der Waals surface area contributed by atoms with Gasteiger partial charge in [-0.3, -0.25) is 10.1 Å². The smallest absolute Gasteiger partial charge is 0.399 e. The van der Waals surface area contributed by atoms with Crippen molar-refractivity contribution in [2.45, 2.75) is 38.9 Å². The maximum Gasteiger partial charge on any atom is 0.495 e. The van der Waals surface area contributed by atoms with Gasteiger partial charge in [0.15, 0.2) is 0 Å². The molecule has 1 heterocycles. The second-order valence-electron chi connectivity index (χ2n) is 7.13. The van der Waals surface area contributed by atoms with E-state index in [-0.39, 0.29) is 5.69 Å². The Balaban J connectivity index is 2.03. The first-order valence-corrected chi connectivity index (χ1v) is 8.01. The fraction of sp³-hybridized carbons (Fsp3) is 0.333. The zero-order chi connectivity index (χ0) is 18.4. The molecule has 1 aliphatic rings. The molecule has 0 aliphatic carbocycles. The van der Waals surface area contributed by atoms with Crippen LogP contribution in [0, 0.1) is 15.9 Å². The molecule has 0 amide bonds. The number of rotatable bonds is 3. The van der Waals surface area contributed by atoms with Crippen LogP contribution in [0.4, 0.5) is 10.1 Å². The SMILES string of the molecule is CC1(C)OB(c2ccc(-c3cccc(F)c3)c([N+](=O)[O-])c2)OC1(C)C. The van der Waals surface area contributed by atoms with Gasteiger partial charge in [0.1, 0.15) is 5.82 Å². The van der Waals surface area contributed by atoms with Gasteiger partial charge in [-0.2, -0.15) is 0 Å². The molecule has 0 atom stereocenters. The second-order valence-corrected chi connectivity index (χ2v) is 7.13. The third kappa shape index (κ3) is 3.17. The highest BCUT2D eigenvalue weighted by atomic mass is 19.1. The Kier molecular flexibility index (Phi) is 4.17. The van der Waals surface area contributed by atoms with Crippen molar-refractivity contribution in [3.05, 3.63) is 58.4 Å². The van der Waals surface area contributed by atoms with E-state index >= 15 is 0 Å². The summed E-state index contributed by atoms with van der Waals surface area (Å²) in [5, 5.41) is 11.5. The third-order valence-electron chi connectivity index (χ3n) is 4.88. The van der Waals surface area contributed by atoms with Gasteiger partial charge in [0.05, 0.1) is 21.7 Å². The Morgan fingerprint density at radius 1 is 1.04 bits per heavy atom. The first kappa shape index (κ1) is 17.6. The molecule has 0 bridgehead atoms. The monoisotopic (exact) mass is 343 g/mol. The summed E-state index contributed by atoms with van der Waals surface area (Å²) < 4.78 is 25.4. The zero-order valence-electron chi connectivity index (χ0n) is 14.6. The van der Waals surface area contributed by atoms with Gasteiger partial charge in [-0.1, -0.05) is 18.2 Å². The van der Waals surface area contributed by atoms with Crippen LogP contribution in [0.3, 0.4) is 0 Å². The van der Waals surface area contributed by atoms with Crippen molar-refractivity contribution in [2.24, 2.45) is 0 Å². The van der Waals surface area contributed by atoms with Gasteiger partial charge in [-0.15, -0.1) is 0 Å². The summed E-state index contributed by atoms with van der Waals surface area (Å²) in [6.45, 7) is 7.68. The topological polar surface area (TPSA) is 61.6 Å². The molecule has 2 aromatic carbocycles. The highest BCUT2D eigenvalue weighted by Crippen LogP contribution is 2.37. The fourth-order valence-electron chi connectivity index (χ4n) is 2.73. The summed E-state index contributed by atoms with van der Waals surface area (Å²) in [7, 11) is -0.690. The van der Waals surface area contributed by atoms with E-state index in [9.17, 15) is 14.5 Å². The van der Waals surface area contributed by atoms with Gasteiger partial charge in [0.2, 0.25) is 0 Å². The highest BCUT2D eigenvalue weighted by Gasteiger charge is 2.52. The van der Waals surface area contributed by atoms with Gasteiger partial charge in [0.25, 0.3) is 5.69 Å². The molecule has 0 N–H and O–H groups in total. The van der Waals surface area contributed by atoms with E-state index in [1.54, 1.807) is 18.2 Å². The van der Waals surface area contributed by atoms with Crippen molar-refractivity contribution < 1.29 is 18.6 Å². The molecule has 5 nitrogen and oxygen atoms in total. The summed E-state index contributed by atoms with van der Waals surface area (Å²) in [5.74, 6) is -0.443. The molecule has 0 aromatic heterocycles. The number of nitro benzene ring substituents is 1. The van der Waals surface area contributed by atoms with E-state index in [0.29, 0.717) is 16.6 Å². The van der Waals surface area contributed by atoms with Crippen LogP contribution in [0.5, 0.6) is 0 Å². The van der Waals surface area contributed by atoms with Crippen molar-refractivity contribution in [3.63, 3.8) is 0 Å². The number of halogens is 1. The summed E-state index contributed by atoms with van der Waals surface area (Å²) in [4.78, 5) is 11.1. The molecule has 7 heteroatoms. The minimum Gasteiger partial charge on any atom is -0.399 e. The van der Waals surface area contributed by atoms with Gasteiger partial charge < -0.3 is 9.31 Å². The Bertz CT molecular complexity index is 822. The standard InChI is InChI=1S/C18H19BFNO4/c1-17(2)18(3,4)25-19(24-17)13-8-9-15(16(11-13)21(22)23)12-6-5-7-14(20)10-12/h5-11H,1-4H3. The quantitative estimate of drug-likeness (QED) is 0.484. The summed E-state index contributed by atoms with van der Waals surface area (Å²) in [6, 6.07) is 10.5. The fourth-order valence-corrected chi connectivity index (χ4v) is 2.73. The molecule has 0 unspecified atom stereocenters. The van der Waals surface area contributed by atoms with E-state index < -0.39 is 29.1 Å². The van der Waals surface area contributed by atoms with Gasteiger partial charge >= 0.3 is 7.12 Å². The lowest BCUT2D eigenvalue weighted by Gasteiger charge is -2.32. The van der Waals surface area contributed by atoms with E-state index in [0.717, 1.165) is 0 Å². The molecule has 1 fully saturated rings. The van der Waals surface area contributed by atoms with E-state index in [4.69, 9.17) is 9.31 Å². The van der Waals surface area contributed by atoms with Gasteiger partial charge in [0, 0.05) is 6.07 Å². The van der Waals surface area contributed by atoms with Crippen LogP contribution in [0.15, 0.2) is 42.5 Å². The summed E-state index contributed by atoms with van der Waals surface area (Å²) in [5.41, 5.74) is 0.182. The lowest BCUT2D eigenvalue weighted by molar-refractivity contribution is -0.384. The summed E-state index contributed by atoms with van der Waals surface area (Å²) in [6.07, 6.45) is 0. The second kappa shape index (κ2) is 5.93. The van der Waals surface area contributed by atoms with Crippen LogP contribution in [-0.4, -0.2) is 23.2 Å². The molecule has 1 aliphatic heterocycles. The number of hydrogen-bond donors (Lipinski definition) is 0. The Morgan fingerprint density at radius 2 is 1.68 bits per heavy atom. The molecule has 0 spiro atoms. The van der Waals surface area contributed by atoms with E-state index in [1.807, 2.05) is 27.7 Å². The number of hydrogen-bond acceptors (Lipinski definition) is 4. The predicted molar refractivity (Wildman–Crippen MR) is 94.2 cm³/mol. The molecule has 0 radical (unpaired) electrons. The minimum absolute atomic E-state index is 0.113. The molecular formula is C18H19BFNO4. The Morgan fingerprint density at radius 3 is 2.24 bits per heavy atom. The lowest BCUT2D eigenvalue weighted by Crippen LogP contribution is -2.41. The average Bonchev–Trinajstić information content (AvgIpc) is 2.75. The van der Waals surface area contributed by atoms with Crippen molar-refractivity contribution in [1.29, 1.82) is 0 Å². The van der Waals surface area contributed by atoms with Crippen LogP contribution in [0.25, 0.3) is 11.1 Å². The van der Waals surface area contributed by atoms with Gasteiger partial charge in [-0.05, 0) is 56.9 Å².